The molecule has 1 aliphatic heterocycles. The lowest BCUT2D eigenvalue weighted by Gasteiger charge is -2.34. The van der Waals surface area contributed by atoms with Crippen LogP contribution in [0, 0.1) is 13.8 Å². The largest absolute Gasteiger partial charge is 0.350 e. The second-order valence-corrected chi connectivity index (χ2v) is 7.48. The number of rotatable bonds is 5. The second kappa shape index (κ2) is 7.95. The molecule has 1 N–H and O–H groups in total. The van der Waals surface area contributed by atoms with Crippen molar-refractivity contribution in [2.24, 2.45) is 0 Å². The first-order chi connectivity index (χ1) is 11.6. The Bertz CT molecular complexity index is 675. The number of benzene rings is 1. The molecule has 1 atom stereocenters. The lowest BCUT2D eigenvalue weighted by atomic mass is 10.0. The minimum absolute atomic E-state index is 0.0322. The smallest absolute Gasteiger partial charge is 0.251 e. The van der Waals surface area contributed by atoms with E-state index in [1.807, 2.05) is 19.1 Å². The van der Waals surface area contributed by atoms with E-state index in [2.05, 4.69) is 40.0 Å². The molecule has 1 aliphatic rings. The highest BCUT2D eigenvalue weighted by Gasteiger charge is 2.23. The van der Waals surface area contributed by atoms with Gasteiger partial charge in [0.05, 0.1) is 6.04 Å². The lowest BCUT2D eigenvalue weighted by Crippen LogP contribution is -2.40. The van der Waals surface area contributed by atoms with Crippen LogP contribution in [0.25, 0.3) is 0 Å². The van der Waals surface area contributed by atoms with Gasteiger partial charge in [0.1, 0.15) is 0 Å². The molecule has 1 unspecified atom stereocenters. The Balaban J connectivity index is 1.70. The summed E-state index contributed by atoms with van der Waals surface area (Å²) in [4.78, 5) is 15.1. The molecule has 1 aromatic heterocycles. The van der Waals surface area contributed by atoms with Gasteiger partial charge in [0.25, 0.3) is 5.91 Å². The number of likely N-dealkylation sites (tertiary alicyclic amines) is 1. The molecule has 128 valence electrons. The Morgan fingerprint density at radius 3 is 2.67 bits per heavy atom. The van der Waals surface area contributed by atoms with E-state index in [9.17, 15) is 4.79 Å². The molecule has 0 spiro atoms. The molecular weight excluding hydrogens is 316 g/mol. The zero-order valence-corrected chi connectivity index (χ0v) is 15.4. The summed E-state index contributed by atoms with van der Waals surface area (Å²) in [5.41, 5.74) is 4.33. The van der Waals surface area contributed by atoms with Crippen LogP contribution in [0.5, 0.6) is 0 Å². The van der Waals surface area contributed by atoms with E-state index in [1.165, 1.54) is 30.4 Å². The summed E-state index contributed by atoms with van der Waals surface area (Å²) < 4.78 is 0. The van der Waals surface area contributed by atoms with Crippen molar-refractivity contribution in [3.8, 4) is 0 Å². The number of hydrogen-bond donors (Lipinski definition) is 1. The Labute approximate surface area is 148 Å². The highest BCUT2D eigenvalue weighted by atomic mass is 32.1. The van der Waals surface area contributed by atoms with Crippen molar-refractivity contribution >= 4 is 17.2 Å². The number of carbonyl (C=O) groups excluding carboxylic acids is 1. The number of hydrogen-bond acceptors (Lipinski definition) is 3. The van der Waals surface area contributed by atoms with Gasteiger partial charge in [-0.15, -0.1) is 0 Å². The zero-order chi connectivity index (χ0) is 16.9. The quantitative estimate of drug-likeness (QED) is 0.877. The molecule has 0 saturated carbocycles. The van der Waals surface area contributed by atoms with E-state index in [0.717, 1.165) is 24.2 Å². The van der Waals surface area contributed by atoms with Crippen molar-refractivity contribution in [2.75, 3.05) is 19.6 Å². The van der Waals surface area contributed by atoms with Gasteiger partial charge in [-0.3, -0.25) is 9.69 Å². The topological polar surface area (TPSA) is 32.3 Å². The average molecular weight is 343 g/mol. The Morgan fingerprint density at radius 2 is 2.00 bits per heavy atom. The van der Waals surface area contributed by atoms with Crippen LogP contribution in [0.2, 0.25) is 0 Å². The van der Waals surface area contributed by atoms with Crippen LogP contribution in [-0.2, 0) is 0 Å². The van der Waals surface area contributed by atoms with E-state index < -0.39 is 0 Å². The number of aryl methyl sites for hydroxylation is 2. The van der Waals surface area contributed by atoms with Crippen LogP contribution in [0.4, 0.5) is 0 Å². The first-order valence-electron chi connectivity index (χ1n) is 8.77. The Hall–Kier alpha value is -1.65. The molecule has 1 amide bonds. The van der Waals surface area contributed by atoms with E-state index in [0.29, 0.717) is 6.54 Å². The third-order valence-corrected chi connectivity index (χ3v) is 5.54. The van der Waals surface area contributed by atoms with Crippen LogP contribution in [0.3, 0.4) is 0 Å². The minimum atomic E-state index is 0.0322. The van der Waals surface area contributed by atoms with Gasteiger partial charge in [0, 0.05) is 12.1 Å². The maximum atomic E-state index is 12.6. The average Bonchev–Trinajstić information content (AvgIpc) is 3.10. The van der Waals surface area contributed by atoms with Gasteiger partial charge in [-0.1, -0.05) is 24.1 Å². The molecule has 0 radical (unpaired) electrons. The predicted molar refractivity (Wildman–Crippen MR) is 101 cm³/mol. The van der Waals surface area contributed by atoms with Gasteiger partial charge in [-0.05, 0) is 73.8 Å². The highest BCUT2D eigenvalue weighted by molar-refractivity contribution is 7.07. The molecular formula is C20H26N2OS. The van der Waals surface area contributed by atoms with Crippen molar-refractivity contribution in [1.29, 1.82) is 0 Å². The van der Waals surface area contributed by atoms with Crippen LogP contribution in [0.15, 0.2) is 35.0 Å². The zero-order valence-electron chi connectivity index (χ0n) is 14.5. The number of nitrogens with zero attached hydrogens (tertiary/aromatic N) is 1. The fraction of sp³-hybridized carbons (Fsp3) is 0.450. The first-order valence-corrected chi connectivity index (χ1v) is 9.71. The molecule has 2 aromatic rings. The summed E-state index contributed by atoms with van der Waals surface area (Å²) >= 11 is 1.73. The monoisotopic (exact) mass is 342 g/mol. The van der Waals surface area contributed by atoms with Gasteiger partial charge in [0.15, 0.2) is 0 Å². The molecule has 0 bridgehead atoms. The Kier molecular flexibility index (Phi) is 5.69. The second-order valence-electron chi connectivity index (χ2n) is 6.70. The van der Waals surface area contributed by atoms with Crippen molar-refractivity contribution in [1.82, 2.24) is 10.2 Å². The van der Waals surface area contributed by atoms with Gasteiger partial charge in [-0.2, -0.15) is 11.3 Å². The standard InChI is InChI=1S/C20H26N2OS/c1-15-6-7-18(16(2)12-15)20(23)21-13-19(17-8-11-24-14-17)22-9-4-3-5-10-22/h6-8,11-12,14,19H,3-5,9-10,13H2,1-2H3,(H,21,23). The predicted octanol–water partition coefficient (Wildman–Crippen LogP) is 4.32. The third-order valence-electron chi connectivity index (χ3n) is 4.84. The lowest BCUT2D eigenvalue weighted by molar-refractivity contribution is 0.0924. The molecule has 3 rings (SSSR count). The van der Waals surface area contributed by atoms with Gasteiger partial charge in [-0.25, -0.2) is 0 Å². The van der Waals surface area contributed by atoms with E-state index in [1.54, 1.807) is 11.3 Å². The maximum Gasteiger partial charge on any atom is 0.251 e. The minimum Gasteiger partial charge on any atom is -0.350 e. The molecule has 1 aromatic carbocycles. The normalized spacial score (nSPS) is 16.8. The van der Waals surface area contributed by atoms with Gasteiger partial charge in [0.2, 0.25) is 0 Å². The number of piperidine rings is 1. The van der Waals surface area contributed by atoms with E-state index in [-0.39, 0.29) is 11.9 Å². The summed E-state index contributed by atoms with van der Waals surface area (Å²) in [7, 11) is 0. The summed E-state index contributed by atoms with van der Waals surface area (Å²) in [6.07, 6.45) is 3.83. The van der Waals surface area contributed by atoms with E-state index >= 15 is 0 Å². The van der Waals surface area contributed by atoms with Gasteiger partial charge < -0.3 is 5.32 Å². The fourth-order valence-corrected chi connectivity index (χ4v) is 4.21. The molecule has 0 aliphatic carbocycles. The van der Waals surface area contributed by atoms with Crippen LogP contribution in [0.1, 0.15) is 52.4 Å². The summed E-state index contributed by atoms with van der Waals surface area (Å²) in [6.45, 7) is 6.98. The van der Waals surface area contributed by atoms with Crippen LogP contribution in [-0.4, -0.2) is 30.4 Å². The van der Waals surface area contributed by atoms with E-state index in [4.69, 9.17) is 0 Å². The maximum absolute atomic E-state index is 12.6. The number of amides is 1. The van der Waals surface area contributed by atoms with Gasteiger partial charge >= 0.3 is 0 Å². The number of carbonyl (C=O) groups is 1. The number of thiophene rings is 1. The molecule has 4 heteroatoms. The molecule has 1 fully saturated rings. The number of nitrogens with one attached hydrogen (secondary N) is 1. The van der Waals surface area contributed by atoms with Crippen LogP contribution < -0.4 is 5.32 Å². The highest BCUT2D eigenvalue weighted by Crippen LogP contribution is 2.26. The third kappa shape index (κ3) is 4.05. The summed E-state index contributed by atoms with van der Waals surface area (Å²) in [6, 6.07) is 8.47. The summed E-state index contributed by atoms with van der Waals surface area (Å²) in [5, 5.41) is 7.50. The first kappa shape index (κ1) is 17.2. The molecule has 2 heterocycles. The van der Waals surface area contributed by atoms with Crippen molar-refractivity contribution in [3.63, 3.8) is 0 Å². The SMILES string of the molecule is Cc1ccc(C(=O)NCC(c2ccsc2)N2CCCCC2)c(C)c1. The van der Waals surface area contributed by atoms with Crippen molar-refractivity contribution < 1.29 is 4.79 Å². The van der Waals surface area contributed by atoms with Crippen LogP contribution >= 0.6 is 11.3 Å². The van der Waals surface area contributed by atoms with Crippen molar-refractivity contribution in [3.05, 3.63) is 57.3 Å². The summed E-state index contributed by atoms with van der Waals surface area (Å²) in [5.74, 6) is 0.0322. The Morgan fingerprint density at radius 1 is 1.21 bits per heavy atom. The fourth-order valence-electron chi connectivity index (χ4n) is 3.51. The molecule has 1 saturated heterocycles. The molecule has 24 heavy (non-hydrogen) atoms. The molecule has 3 nitrogen and oxygen atoms in total. The van der Waals surface area contributed by atoms with Crippen molar-refractivity contribution in [2.45, 2.75) is 39.2 Å².